The number of likely N-dealkylation sites (N-methyl/N-ethyl adjacent to an activating group) is 1. The molecule has 172 valence electrons. The zero-order valence-corrected chi connectivity index (χ0v) is 18.7. The molecule has 4 rings (SSSR count). The summed E-state index contributed by atoms with van der Waals surface area (Å²) in [4.78, 5) is 19.4. The van der Waals surface area contributed by atoms with E-state index in [-0.39, 0.29) is 11.7 Å². The summed E-state index contributed by atoms with van der Waals surface area (Å²) >= 11 is 0. The number of carbonyl (C=O) groups excluding carboxylic acids is 1. The Balaban J connectivity index is 1.37. The van der Waals surface area contributed by atoms with Gasteiger partial charge < -0.3 is 14.7 Å². The molecule has 0 saturated carbocycles. The molecule has 2 saturated heterocycles. The van der Waals surface area contributed by atoms with E-state index in [9.17, 15) is 14.3 Å². The second kappa shape index (κ2) is 10.1. The SMILES string of the molecule is CN(Cc1ccc(F)cc1)CC1(O)CCN(C(=O)c2ccccc2CN2CCOCC2)C1. The van der Waals surface area contributed by atoms with Crippen LogP contribution in [-0.4, -0.2) is 84.3 Å². The molecule has 0 bridgehead atoms. The zero-order valence-electron chi connectivity index (χ0n) is 18.7. The maximum atomic E-state index is 13.3. The maximum Gasteiger partial charge on any atom is 0.254 e. The second-order valence-corrected chi connectivity index (χ2v) is 9.05. The number of amides is 1. The van der Waals surface area contributed by atoms with Crippen molar-refractivity contribution in [3.8, 4) is 0 Å². The molecule has 1 atom stereocenters. The van der Waals surface area contributed by atoms with Gasteiger partial charge in [-0.2, -0.15) is 0 Å². The van der Waals surface area contributed by atoms with Gasteiger partial charge in [0.05, 0.1) is 25.4 Å². The second-order valence-electron chi connectivity index (χ2n) is 9.05. The van der Waals surface area contributed by atoms with Crippen LogP contribution < -0.4 is 0 Å². The van der Waals surface area contributed by atoms with Crippen LogP contribution in [0, 0.1) is 5.82 Å². The fraction of sp³-hybridized carbons (Fsp3) is 0.480. The fourth-order valence-corrected chi connectivity index (χ4v) is 4.66. The van der Waals surface area contributed by atoms with E-state index < -0.39 is 5.60 Å². The van der Waals surface area contributed by atoms with Crippen molar-refractivity contribution < 1.29 is 19.0 Å². The highest BCUT2D eigenvalue weighted by Crippen LogP contribution is 2.26. The Morgan fingerprint density at radius 1 is 1.12 bits per heavy atom. The predicted octanol–water partition coefficient (Wildman–Crippen LogP) is 2.37. The van der Waals surface area contributed by atoms with Crippen LogP contribution in [0.15, 0.2) is 48.5 Å². The highest BCUT2D eigenvalue weighted by molar-refractivity contribution is 5.96. The summed E-state index contributed by atoms with van der Waals surface area (Å²) in [7, 11) is 1.93. The molecular weight excluding hydrogens is 409 g/mol. The Morgan fingerprint density at radius 2 is 1.84 bits per heavy atom. The first-order valence-electron chi connectivity index (χ1n) is 11.2. The molecule has 2 aromatic rings. The predicted molar refractivity (Wildman–Crippen MR) is 121 cm³/mol. The number of aliphatic hydroxyl groups is 1. The van der Waals surface area contributed by atoms with E-state index in [0.717, 1.165) is 44.0 Å². The van der Waals surface area contributed by atoms with E-state index in [1.165, 1.54) is 12.1 Å². The lowest BCUT2D eigenvalue weighted by atomic mass is 10.0. The van der Waals surface area contributed by atoms with Crippen molar-refractivity contribution in [3.63, 3.8) is 0 Å². The Morgan fingerprint density at radius 3 is 2.59 bits per heavy atom. The van der Waals surface area contributed by atoms with Gasteiger partial charge in [-0.1, -0.05) is 30.3 Å². The largest absolute Gasteiger partial charge is 0.387 e. The molecule has 0 spiro atoms. The minimum atomic E-state index is -0.955. The van der Waals surface area contributed by atoms with Crippen molar-refractivity contribution in [1.82, 2.24) is 14.7 Å². The summed E-state index contributed by atoms with van der Waals surface area (Å²) in [5, 5.41) is 11.2. The van der Waals surface area contributed by atoms with Crippen LogP contribution in [0.4, 0.5) is 4.39 Å². The molecule has 2 aliphatic heterocycles. The van der Waals surface area contributed by atoms with Crippen LogP contribution in [0.25, 0.3) is 0 Å². The smallest absolute Gasteiger partial charge is 0.254 e. The number of rotatable bonds is 7. The molecule has 6 nitrogen and oxygen atoms in total. The zero-order chi connectivity index (χ0) is 22.6. The van der Waals surface area contributed by atoms with Crippen LogP contribution >= 0.6 is 0 Å². The third kappa shape index (κ3) is 5.72. The molecule has 0 aromatic heterocycles. The molecule has 2 aromatic carbocycles. The topological polar surface area (TPSA) is 56.2 Å². The van der Waals surface area contributed by atoms with E-state index in [4.69, 9.17) is 4.74 Å². The number of hydrogen-bond acceptors (Lipinski definition) is 5. The average molecular weight is 442 g/mol. The first-order valence-corrected chi connectivity index (χ1v) is 11.2. The summed E-state index contributed by atoms with van der Waals surface area (Å²) in [5.41, 5.74) is 1.76. The van der Waals surface area contributed by atoms with Crippen LogP contribution in [0.1, 0.15) is 27.9 Å². The lowest BCUT2D eigenvalue weighted by Crippen LogP contribution is -2.44. The molecule has 1 unspecified atom stereocenters. The van der Waals surface area contributed by atoms with Gasteiger partial charge in [0.2, 0.25) is 0 Å². The third-order valence-electron chi connectivity index (χ3n) is 6.29. The van der Waals surface area contributed by atoms with Crippen molar-refractivity contribution >= 4 is 5.91 Å². The van der Waals surface area contributed by atoms with E-state index >= 15 is 0 Å². The Kier molecular flexibility index (Phi) is 7.20. The van der Waals surface area contributed by atoms with Crippen molar-refractivity contribution in [2.45, 2.75) is 25.1 Å². The highest BCUT2D eigenvalue weighted by Gasteiger charge is 2.39. The first kappa shape index (κ1) is 22.9. The van der Waals surface area contributed by atoms with Gasteiger partial charge in [-0.25, -0.2) is 4.39 Å². The summed E-state index contributed by atoms with van der Waals surface area (Å²) in [6.45, 7) is 5.81. The van der Waals surface area contributed by atoms with E-state index in [0.29, 0.717) is 38.2 Å². The molecule has 2 aliphatic rings. The summed E-state index contributed by atoms with van der Waals surface area (Å²) < 4.78 is 18.6. The summed E-state index contributed by atoms with van der Waals surface area (Å²) in [6, 6.07) is 14.2. The number of likely N-dealkylation sites (tertiary alicyclic amines) is 1. The number of nitrogens with zero attached hydrogens (tertiary/aromatic N) is 3. The lowest BCUT2D eigenvalue weighted by Gasteiger charge is -2.29. The molecule has 32 heavy (non-hydrogen) atoms. The van der Waals surface area contributed by atoms with Gasteiger partial charge in [0.25, 0.3) is 5.91 Å². The molecule has 1 N–H and O–H groups in total. The van der Waals surface area contributed by atoms with Crippen molar-refractivity contribution in [2.75, 3.05) is 53.0 Å². The average Bonchev–Trinajstić information content (AvgIpc) is 3.17. The monoisotopic (exact) mass is 441 g/mol. The van der Waals surface area contributed by atoms with E-state index in [1.54, 1.807) is 17.0 Å². The number of β-amino-alcohol motifs (C(OH)–C–C–N with tert-alkyl or cyclic N) is 1. The standard InChI is InChI=1S/C25H32FN3O3/c1-27(16-20-6-8-22(26)9-7-20)18-25(31)10-11-29(19-25)24(30)23-5-3-2-4-21(23)17-28-12-14-32-15-13-28/h2-9,31H,10-19H2,1H3. The molecule has 1 amide bonds. The van der Waals surface area contributed by atoms with Crippen molar-refractivity contribution in [2.24, 2.45) is 0 Å². The summed E-state index contributed by atoms with van der Waals surface area (Å²) in [6.07, 6.45) is 0.540. The fourth-order valence-electron chi connectivity index (χ4n) is 4.66. The minimum absolute atomic E-state index is 0.0222. The molecular formula is C25H32FN3O3. The van der Waals surface area contributed by atoms with Crippen molar-refractivity contribution in [1.29, 1.82) is 0 Å². The molecule has 2 fully saturated rings. The number of morpholine rings is 1. The highest BCUT2D eigenvalue weighted by atomic mass is 19.1. The number of halogens is 1. The summed E-state index contributed by atoms with van der Waals surface area (Å²) in [5.74, 6) is -0.278. The van der Waals surface area contributed by atoms with E-state index in [2.05, 4.69) is 4.90 Å². The van der Waals surface area contributed by atoms with Gasteiger partial charge in [0.15, 0.2) is 0 Å². The van der Waals surface area contributed by atoms with Gasteiger partial charge in [0.1, 0.15) is 5.82 Å². The van der Waals surface area contributed by atoms with Gasteiger partial charge >= 0.3 is 0 Å². The normalized spacial score (nSPS) is 21.9. The van der Waals surface area contributed by atoms with Crippen LogP contribution in [0.2, 0.25) is 0 Å². The van der Waals surface area contributed by atoms with Gasteiger partial charge in [-0.05, 0) is 42.8 Å². The molecule has 0 radical (unpaired) electrons. The Hall–Kier alpha value is -2.32. The lowest BCUT2D eigenvalue weighted by molar-refractivity contribution is 0.0162. The number of benzene rings is 2. The maximum absolute atomic E-state index is 13.3. The Bertz CT molecular complexity index is 917. The number of ether oxygens (including phenoxy) is 1. The van der Waals surface area contributed by atoms with Crippen LogP contribution in [0.5, 0.6) is 0 Å². The number of carbonyl (C=O) groups is 1. The molecule has 7 heteroatoms. The molecule has 2 heterocycles. The van der Waals surface area contributed by atoms with Gasteiger partial charge in [-0.15, -0.1) is 0 Å². The van der Waals surface area contributed by atoms with E-state index in [1.807, 2.05) is 36.2 Å². The van der Waals surface area contributed by atoms with Crippen molar-refractivity contribution in [3.05, 3.63) is 71.0 Å². The Labute approximate surface area is 189 Å². The molecule has 0 aliphatic carbocycles. The van der Waals surface area contributed by atoms with Gasteiger partial charge in [-0.3, -0.25) is 14.6 Å². The quantitative estimate of drug-likeness (QED) is 0.715. The third-order valence-corrected chi connectivity index (χ3v) is 6.29. The first-order chi connectivity index (χ1) is 15.4. The van der Waals surface area contributed by atoms with Crippen LogP contribution in [-0.2, 0) is 17.8 Å². The van der Waals surface area contributed by atoms with Crippen LogP contribution in [0.3, 0.4) is 0 Å². The minimum Gasteiger partial charge on any atom is -0.387 e. The number of hydrogen-bond donors (Lipinski definition) is 1. The van der Waals surface area contributed by atoms with Gasteiger partial charge in [0, 0.05) is 44.8 Å².